The lowest BCUT2D eigenvalue weighted by Gasteiger charge is -2.32. The number of nitrogens with two attached hydrogens (primary N) is 1. The zero-order valence-electron chi connectivity index (χ0n) is 7.43. The van der Waals surface area contributed by atoms with Gasteiger partial charge in [-0.3, -0.25) is 4.79 Å². The van der Waals surface area contributed by atoms with E-state index < -0.39 is 30.3 Å². The van der Waals surface area contributed by atoms with Crippen LogP contribution in [0.15, 0.2) is 0 Å². The highest BCUT2D eigenvalue weighted by atomic mass is 19.3. The molecule has 0 unspecified atom stereocenters. The van der Waals surface area contributed by atoms with Crippen molar-refractivity contribution in [3.63, 3.8) is 0 Å². The topological polar surface area (TPSA) is 52.3 Å². The van der Waals surface area contributed by atoms with Gasteiger partial charge in [-0.15, -0.1) is 0 Å². The summed E-state index contributed by atoms with van der Waals surface area (Å²) in [7, 11) is 1.20. The minimum Gasteiger partial charge on any atom is -0.469 e. The Bertz CT molecular complexity index is 208. The normalized spacial score (nSPS) is 32.6. The molecule has 5 heteroatoms. The monoisotopic (exact) mass is 193 g/mol. The smallest absolute Gasteiger partial charge is 0.308 e. The van der Waals surface area contributed by atoms with Crippen LogP contribution >= 0.6 is 0 Å². The molecular weight excluding hydrogens is 180 g/mol. The zero-order chi connectivity index (χ0) is 10.1. The second-order valence-electron chi connectivity index (χ2n) is 3.37. The summed E-state index contributed by atoms with van der Waals surface area (Å²) in [5, 5.41) is 0. The maximum atomic E-state index is 13.0. The third-order valence-corrected chi connectivity index (χ3v) is 2.42. The summed E-state index contributed by atoms with van der Waals surface area (Å²) in [4.78, 5) is 11.0. The molecule has 0 aromatic heterocycles. The fourth-order valence-corrected chi connectivity index (χ4v) is 1.54. The molecule has 0 bridgehead atoms. The van der Waals surface area contributed by atoms with Gasteiger partial charge in [-0.05, 0) is 12.8 Å². The van der Waals surface area contributed by atoms with Crippen LogP contribution in [-0.4, -0.2) is 25.0 Å². The third kappa shape index (κ3) is 2.15. The van der Waals surface area contributed by atoms with E-state index in [0.717, 1.165) is 0 Å². The fraction of sp³-hybridized carbons (Fsp3) is 0.875. The molecule has 0 aromatic rings. The van der Waals surface area contributed by atoms with Crippen molar-refractivity contribution in [3.05, 3.63) is 0 Å². The average molecular weight is 193 g/mol. The van der Waals surface area contributed by atoms with Gasteiger partial charge in [-0.25, -0.2) is 8.78 Å². The van der Waals surface area contributed by atoms with E-state index in [1.54, 1.807) is 0 Å². The number of carbonyl (C=O) groups excluding carboxylic acids is 1. The van der Waals surface area contributed by atoms with Gasteiger partial charge in [0.15, 0.2) is 0 Å². The quantitative estimate of drug-likeness (QED) is 0.630. The molecule has 2 atom stereocenters. The molecule has 1 aliphatic rings. The molecule has 3 nitrogen and oxygen atoms in total. The first kappa shape index (κ1) is 10.4. The number of alkyl halides is 2. The Morgan fingerprint density at radius 1 is 1.54 bits per heavy atom. The summed E-state index contributed by atoms with van der Waals surface area (Å²) in [6.45, 7) is 0. The standard InChI is InChI=1S/C8H13F2NO2/c1-13-7(12)5-2-3-6(11)8(9,10)4-5/h5-6H,2-4,11H2,1H3/t5-,6-/m1/s1. The summed E-state index contributed by atoms with van der Waals surface area (Å²) in [5.41, 5.74) is 5.21. The van der Waals surface area contributed by atoms with Crippen molar-refractivity contribution in [2.45, 2.75) is 31.2 Å². The number of ether oxygens (including phenoxy) is 1. The van der Waals surface area contributed by atoms with E-state index in [4.69, 9.17) is 5.73 Å². The molecule has 0 aliphatic heterocycles. The molecule has 0 saturated heterocycles. The lowest BCUT2D eigenvalue weighted by molar-refractivity contribution is -0.153. The van der Waals surface area contributed by atoms with Crippen molar-refractivity contribution in [1.29, 1.82) is 0 Å². The van der Waals surface area contributed by atoms with E-state index in [9.17, 15) is 13.6 Å². The maximum absolute atomic E-state index is 13.0. The minimum absolute atomic E-state index is 0.173. The predicted octanol–water partition coefficient (Wildman–Crippen LogP) is 0.922. The van der Waals surface area contributed by atoms with Gasteiger partial charge in [0.1, 0.15) is 0 Å². The van der Waals surface area contributed by atoms with E-state index in [-0.39, 0.29) is 6.42 Å². The van der Waals surface area contributed by atoms with Crippen LogP contribution in [0.25, 0.3) is 0 Å². The molecule has 0 aromatic carbocycles. The van der Waals surface area contributed by atoms with Gasteiger partial charge in [0, 0.05) is 6.42 Å². The Morgan fingerprint density at radius 2 is 2.15 bits per heavy atom. The number of hydrogen-bond donors (Lipinski definition) is 1. The van der Waals surface area contributed by atoms with Gasteiger partial charge in [-0.2, -0.15) is 0 Å². The Hall–Kier alpha value is -0.710. The molecule has 13 heavy (non-hydrogen) atoms. The van der Waals surface area contributed by atoms with Crippen LogP contribution in [0.3, 0.4) is 0 Å². The Morgan fingerprint density at radius 3 is 2.62 bits per heavy atom. The molecule has 1 fully saturated rings. The van der Waals surface area contributed by atoms with Crippen molar-refractivity contribution in [2.24, 2.45) is 11.7 Å². The van der Waals surface area contributed by atoms with Crippen molar-refractivity contribution >= 4 is 5.97 Å². The molecule has 0 heterocycles. The molecule has 1 saturated carbocycles. The van der Waals surface area contributed by atoms with Gasteiger partial charge in [0.05, 0.1) is 19.1 Å². The molecule has 76 valence electrons. The number of carbonyl (C=O) groups is 1. The van der Waals surface area contributed by atoms with Crippen LogP contribution in [-0.2, 0) is 9.53 Å². The largest absolute Gasteiger partial charge is 0.469 e. The molecule has 0 spiro atoms. The first-order chi connectivity index (χ1) is 5.97. The van der Waals surface area contributed by atoms with Crippen molar-refractivity contribution in [3.8, 4) is 0 Å². The summed E-state index contributed by atoms with van der Waals surface area (Å²) in [6.07, 6.45) is 0.0804. The van der Waals surface area contributed by atoms with Crippen molar-refractivity contribution < 1.29 is 18.3 Å². The molecule has 2 N–H and O–H groups in total. The first-order valence-electron chi connectivity index (χ1n) is 4.18. The van der Waals surface area contributed by atoms with Crippen molar-refractivity contribution in [1.82, 2.24) is 0 Å². The highest BCUT2D eigenvalue weighted by Crippen LogP contribution is 2.36. The second-order valence-corrected chi connectivity index (χ2v) is 3.37. The molecule has 1 rings (SSSR count). The average Bonchev–Trinajstić information content (AvgIpc) is 2.08. The molecule has 0 amide bonds. The van der Waals surface area contributed by atoms with Crippen LogP contribution in [0.2, 0.25) is 0 Å². The Labute approximate surface area is 75.2 Å². The predicted molar refractivity (Wildman–Crippen MR) is 42.3 cm³/mol. The zero-order valence-corrected chi connectivity index (χ0v) is 7.43. The lowest BCUT2D eigenvalue weighted by atomic mass is 9.83. The number of esters is 1. The van der Waals surface area contributed by atoms with Crippen LogP contribution in [0.1, 0.15) is 19.3 Å². The number of rotatable bonds is 1. The van der Waals surface area contributed by atoms with E-state index in [1.165, 1.54) is 7.11 Å². The van der Waals surface area contributed by atoms with Crippen LogP contribution < -0.4 is 5.73 Å². The Kier molecular flexibility index (Phi) is 2.85. The van der Waals surface area contributed by atoms with Gasteiger partial charge in [-0.1, -0.05) is 0 Å². The SMILES string of the molecule is COC(=O)[C@@H]1CC[C@@H](N)C(F)(F)C1. The van der Waals surface area contributed by atoms with Gasteiger partial charge < -0.3 is 10.5 Å². The van der Waals surface area contributed by atoms with E-state index in [0.29, 0.717) is 6.42 Å². The highest BCUT2D eigenvalue weighted by Gasteiger charge is 2.45. The number of methoxy groups -OCH3 is 1. The van der Waals surface area contributed by atoms with Crippen LogP contribution in [0.4, 0.5) is 8.78 Å². The summed E-state index contributed by atoms with van der Waals surface area (Å²) < 4.78 is 30.4. The maximum Gasteiger partial charge on any atom is 0.308 e. The van der Waals surface area contributed by atoms with Gasteiger partial charge in [0.2, 0.25) is 0 Å². The van der Waals surface area contributed by atoms with Gasteiger partial charge >= 0.3 is 5.97 Å². The molecule has 1 aliphatic carbocycles. The Balaban J connectivity index is 2.60. The number of hydrogen-bond acceptors (Lipinski definition) is 3. The van der Waals surface area contributed by atoms with E-state index in [2.05, 4.69) is 4.74 Å². The molecule has 0 radical (unpaired) electrons. The number of halogens is 2. The molecular formula is C8H13F2NO2. The summed E-state index contributed by atoms with van der Waals surface area (Å²) >= 11 is 0. The van der Waals surface area contributed by atoms with E-state index >= 15 is 0 Å². The van der Waals surface area contributed by atoms with Crippen LogP contribution in [0.5, 0.6) is 0 Å². The summed E-state index contributed by atoms with van der Waals surface area (Å²) in [5.74, 6) is -4.19. The third-order valence-electron chi connectivity index (χ3n) is 2.42. The first-order valence-corrected chi connectivity index (χ1v) is 4.18. The van der Waals surface area contributed by atoms with Gasteiger partial charge in [0.25, 0.3) is 5.92 Å². The fourth-order valence-electron chi connectivity index (χ4n) is 1.54. The summed E-state index contributed by atoms with van der Waals surface area (Å²) in [6, 6.07) is -1.12. The minimum atomic E-state index is -2.93. The van der Waals surface area contributed by atoms with Crippen LogP contribution in [0, 0.1) is 5.92 Å². The van der Waals surface area contributed by atoms with Crippen molar-refractivity contribution in [2.75, 3.05) is 7.11 Å². The lowest BCUT2D eigenvalue weighted by Crippen LogP contribution is -2.47. The van der Waals surface area contributed by atoms with E-state index in [1.807, 2.05) is 0 Å². The highest BCUT2D eigenvalue weighted by molar-refractivity contribution is 5.72. The second kappa shape index (κ2) is 3.57.